The third-order valence-electron chi connectivity index (χ3n) is 1.90. The van der Waals surface area contributed by atoms with Crippen LogP contribution >= 0.6 is 0 Å². The van der Waals surface area contributed by atoms with Crippen LogP contribution in [0.5, 0.6) is 0 Å². The highest BCUT2D eigenvalue weighted by atomic mass is 16.2. The van der Waals surface area contributed by atoms with Crippen molar-refractivity contribution in [1.29, 1.82) is 0 Å². The van der Waals surface area contributed by atoms with Gasteiger partial charge in [0, 0.05) is 20.8 Å². The molecule has 0 bridgehead atoms. The Labute approximate surface area is 73.1 Å². The average Bonchev–Trinajstić information content (AvgIpc) is 1.85. The number of hydrogen-bond donors (Lipinski definition) is 1. The molecule has 0 saturated carbocycles. The maximum Gasteiger partial charge on any atom is 0.230 e. The van der Waals surface area contributed by atoms with Crippen LogP contribution < -0.4 is 4.90 Å². The fourth-order valence-corrected chi connectivity index (χ4v) is 1.03. The molecule has 12 heavy (non-hydrogen) atoms. The summed E-state index contributed by atoms with van der Waals surface area (Å²) in [7, 11) is 3.81. The maximum atomic E-state index is 11.0. The van der Waals surface area contributed by atoms with Crippen LogP contribution in [0.25, 0.3) is 0 Å². The molecule has 0 saturated heterocycles. The summed E-state index contributed by atoms with van der Waals surface area (Å²) in [6, 6.07) is 0. The molecule has 1 atom stereocenters. The van der Waals surface area contributed by atoms with Gasteiger partial charge in [0.25, 0.3) is 0 Å². The highest BCUT2D eigenvalue weighted by Gasteiger charge is 2.24. The zero-order valence-electron chi connectivity index (χ0n) is 8.34. The number of rotatable bonds is 2. The summed E-state index contributed by atoms with van der Waals surface area (Å²) in [5.74, 6) is -0.396. The average molecular weight is 173 g/mol. The van der Waals surface area contributed by atoms with Gasteiger partial charge in [0.1, 0.15) is 0 Å². The van der Waals surface area contributed by atoms with Gasteiger partial charge in [-0.1, -0.05) is 0 Å². The minimum Gasteiger partial charge on any atom is -0.320 e. The number of quaternary nitrogens is 1. The van der Waals surface area contributed by atoms with E-state index in [1.54, 1.807) is 0 Å². The van der Waals surface area contributed by atoms with Gasteiger partial charge in [-0.2, -0.15) is 0 Å². The lowest BCUT2D eigenvalue weighted by molar-refractivity contribution is -0.893. The largest absolute Gasteiger partial charge is 0.320 e. The summed E-state index contributed by atoms with van der Waals surface area (Å²) in [5.41, 5.74) is 0. The van der Waals surface area contributed by atoms with Crippen molar-refractivity contribution in [2.45, 2.75) is 26.9 Å². The monoisotopic (exact) mass is 173 g/mol. The molecule has 0 rings (SSSR count). The third kappa shape index (κ3) is 2.62. The molecular formula is C8H17N2O2+. The molecule has 0 radical (unpaired) electrons. The Morgan fingerprint density at radius 3 is 1.58 bits per heavy atom. The van der Waals surface area contributed by atoms with Crippen molar-refractivity contribution in [2.75, 3.05) is 14.1 Å². The van der Waals surface area contributed by atoms with Gasteiger partial charge in [0.05, 0.1) is 14.1 Å². The first-order valence-corrected chi connectivity index (χ1v) is 3.98. The number of hydrogen-bond acceptors (Lipinski definition) is 2. The van der Waals surface area contributed by atoms with Gasteiger partial charge in [-0.3, -0.25) is 9.59 Å². The first-order valence-electron chi connectivity index (χ1n) is 3.98. The zero-order valence-corrected chi connectivity index (χ0v) is 8.34. The van der Waals surface area contributed by atoms with Crippen molar-refractivity contribution in [3.05, 3.63) is 0 Å². The Hall–Kier alpha value is -0.900. The van der Waals surface area contributed by atoms with E-state index in [4.69, 9.17) is 0 Å². The minimum atomic E-state index is -0.198. The first-order chi connectivity index (χ1) is 5.37. The molecule has 0 aliphatic rings. The van der Waals surface area contributed by atoms with E-state index in [2.05, 4.69) is 0 Å². The lowest BCUT2D eigenvalue weighted by Gasteiger charge is -2.26. The Kier molecular flexibility index (Phi) is 3.89. The highest BCUT2D eigenvalue weighted by molar-refractivity contribution is 5.93. The normalized spacial score (nSPS) is 12.8. The topological polar surface area (TPSA) is 41.8 Å². The van der Waals surface area contributed by atoms with E-state index >= 15 is 0 Å². The Bertz CT molecular complexity index is 175. The minimum absolute atomic E-state index is 0.0972. The van der Waals surface area contributed by atoms with Gasteiger partial charge >= 0.3 is 0 Å². The van der Waals surface area contributed by atoms with Gasteiger partial charge in [-0.25, -0.2) is 4.90 Å². The molecule has 0 fully saturated rings. The van der Waals surface area contributed by atoms with E-state index < -0.39 is 0 Å². The predicted octanol–water partition coefficient (Wildman–Crippen LogP) is -1.13. The summed E-state index contributed by atoms with van der Waals surface area (Å²) in [6.45, 7) is 4.65. The molecule has 4 heteroatoms. The van der Waals surface area contributed by atoms with Crippen LogP contribution in [0, 0.1) is 0 Å². The molecule has 2 amide bonds. The van der Waals surface area contributed by atoms with E-state index in [0.717, 1.165) is 4.90 Å². The molecule has 0 heterocycles. The van der Waals surface area contributed by atoms with Gasteiger partial charge in [0.2, 0.25) is 11.8 Å². The lowest BCUT2D eigenvalue weighted by Crippen LogP contribution is -3.11. The van der Waals surface area contributed by atoms with Crippen molar-refractivity contribution in [1.82, 2.24) is 4.90 Å². The van der Waals surface area contributed by atoms with Crippen LogP contribution in [-0.2, 0) is 9.59 Å². The van der Waals surface area contributed by atoms with Crippen molar-refractivity contribution < 1.29 is 14.5 Å². The first kappa shape index (κ1) is 11.1. The number of nitrogens with one attached hydrogen (secondary N) is 1. The molecular weight excluding hydrogens is 156 g/mol. The number of imide groups is 1. The van der Waals surface area contributed by atoms with Crippen molar-refractivity contribution in [3.8, 4) is 0 Å². The van der Waals surface area contributed by atoms with Crippen LogP contribution in [0.15, 0.2) is 0 Å². The summed E-state index contributed by atoms with van der Waals surface area (Å²) >= 11 is 0. The van der Waals surface area contributed by atoms with Crippen molar-refractivity contribution >= 4 is 11.8 Å². The van der Waals surface area contributed by atoms with Crippen molar-refractivity contribution in [3.63, 3.8) is 0 Å². The maximum absolute atomic E-state index is 11.0. The quantitative estimate of drug-likeness (QED) is 0.537. The second-order valence-electron chi connectivity index (χ2n) is 3.16. The van der Waals surface area contributed by atoms with Crippen LogP contribution in [0.2, 0.25) is 0 Å². The van der Waals surface area contributed by atoms with Crippen LogP contribution in [0.1, 0.15) is 20.8 Å². The standard InChI is InChI=1S/C8H16N2O2/c1-6(9(4)5)10(7(2)11)8(3)12/h6H,1-5H3/p+1. The van der Waals surface area contributed by atoms with Crippen LogP contribution in [-0.4, -0.2) is 37.0 Å². The molecule has 1 N–H and O–H groups in total. The molecule has 70 valence electrons. The Balaban J connectivity index is 4.52. The number of nitrogens with zero attached hydrogens (tertiary/aromatic N) is 1. The van der Waals surface area contributed by atoms with Gasteiger partial charge in [-0.15, -0.1) is 0 Å². The molecule has 0 aliphatic carbocycles. The Morgan fingerprint density at radius 2 is 1.50 bits per heavy atom. The molecule has 4 nitrogen and oxygen atoms in total. The van der Waals surface area contributed by atoms with E-state index in [1.807, 2.05) is 21.0 Å². The van der Waals surface area contributed by atoms with E-state index in [0.29, 0.717) is 0 Å². The van der Waals surface area contributed by atoms with E-state index in [1.165, 1.54) is 18.7 Å². The van der Waals surface area contributed by atoms with Gasteiger partial charge in [-0.05, 0) is 0 Å². The molecule has 0 aromatic heterocycles. The fraction of sp³-hybridized carbons (Fsp3) is 0.750. The van der Waals surface area contributed by atoms with Gasteiger partial charge < -0.3 is 4.90 Å². The molecule has 0 aliphatic heterocycles. The summed E-state index contributed by atoms with van der Waals surface area (Å²) in [5, 5.41) is 0. The predicted molar refractivity (Wildman–Crippen MR) is 45.5 cm³/mol. The second kappa shape index (κ2) is 4.21. The molecule has 0 aromatic carbocycles. The smallest absolute Gasteiger partial charge is 0.230 e. The Morgan fingerprint density at radius 1 is 1.17 bits per heavy atom. The number of amides is 2. The SMILES string of the molecule is CC(=O)N(C(C)=O)C(C)[NH+](C)C. The van der Waals surface area contributed by atoms with Gasteiger partial charge in [0.15, 0.2) is 6.17 Å². The van der Waals surface area contributed by atoms with E-state index in [9.17, 15) is 9.59 Å². The summed E-state index contributed by atoms with van der Waals surface area (Å²) in [6.07, 6.45) is -0.0972. The lowest BCUT2D eigenvalue weighted by atomic mass is 10.4. The highest BCUT2D eigenvalue weighted by Crippen LogP contribution is 1.93. The second-order valence-corrected chi connectivity index (χ2v) is 3.16. The van der Waals surface area contributed by atoms with Crippen LogP contribution in [0.4, 0.5) is 0 Å². The fourth-order valence-electron chi connectivity index (χ4n) is 1.03. The molecule has 0 spiro atoms. The third-order valence-corrected chi connectivity index (χ3v) is 1.90. The molecule has 0 aromatic rings. The molecule has 1 unspecified atom stereocenters. The van der Waals surface area contributed by atoms with Crippen molar-refractivity contribution in [2.24, 2.45) is 0 Å². The number of carbonyl (C=O) groups excluding carboxylic acids is 2. The number of carbonyl (C=O) groups is 2. The summed E-state index contributed by atoms with van der Waals surface area (Å²) in [4.78, 5) is 24.4. The van der Waals surface area contributed by atoms with E-state index in [-0.39, 0.29) is 18.0 Å². The van der Waals surface area contributed by atoms with Crippen LogP contribution in [0.3, 0.4) is 0 Å². The zero-order chi connectivity index (χ0) is 9.89. The summed E-state index contributed by atoms with van der Waals surface area (Å²) < 4.78 is 0.